The Kier molecular flexibility index (Phi) is 13.9. The molecule has 0 heterocycles. The largest absolute Gasteiger partial charge is 0.507 e. The molecule has 0 spiro atoms. The van der Waals surface area contributed by atoms with Gasteiger partial charge in [-0.25, -0.2) is 9.59 Å². The van der Waals surface area contributed by atoms with Crippen LogP contribution in [-0.4, -0.2) is 81.4 Å². The van der Waals surface area contributed by atoms with Gasteiger partial charge in [-0.2, -0.15) is 0 Å². The number of aromatic carboxylic acids is 2. The third-order valence-corrected chi connectivity index (χ3v) is 7.75. The molecule has 4 N–H and O–H groups in total. The smallest absolute Gasteiger partial charge is 0.339 e. The number of hydrogen-bond donors (Lipinski definition) is 4. The van der Waals surface area contributed by atoms with Crippen molar-refractivity contribution in [2.24, 2.45) is 0 Å². The molecule has 0 aliphatic heterocycles. The Labute approximate surface area is 254 Å². The van der Waals surface area contributed by atoms with Crippen LogP contribution in [0.2, 0.25) is 0 Å². The molecular formula is C35H46N2O6. The molecule has 43 heavy (non-hydrogen) atoms. The molecule has 0 aliphatic rings. The summed E-state index contributed by atoms with van der Waals surface area (Å²) in [5.74, 6) is -3.36. The zero-order valence-electron chi connectivity index (χ0n) is 26.2. The number of carbonyl (C=O) groups is 2. The minimum absolute atomic E-state index is 0.0407. The second kappa shape index (κ2) is 17.1. The van der Waals surface area contributed by atoms with Gasteiger partial charge in [0.25, 0.3) is 0 Å². The molecule has 8 nitrogen and oxygen atoms in total. The van der Waals surface area contributed by atoms with E-state index >= 15 is 0 Å². The van der Waals surface area contributed by atoms with E-state index in [2.05, 4.69) is 51.3 Å². The third kappa shape index (κ3) is 8.92. The molecule has 0 aliphatic carbocycles. The van der Waals surface area contributed by atoms with Crippen molar-refractivity contribution in [3.8, 4) is 11.5 Å². The molecule has 8 heteroatoms. The Hall–Kier alpha value is -4.14. The van der Waals surface area contributed by atoms with E-state index in [-0.39, 0.29) is 17.5 Å². The van der Waals surface area contributed by atoms with E-state index in [9.17, 15) is 30.0 Å². The van der Waals surface area contributed by atoms with Crippen molar-refractivity contribution < 1.29 is 30.0 Å². The van der Waals surface area contributed by atoms with Crippen molar-refractivity contribution in [1.29, 1.82) is 0 Å². The Morgan fingerprint density at radius 1 is 0.558 bits per heavy atom. The van der Waals surface area contributed by atoms with Crippen LogP contribution >= 0.6 is 0 Å². The van der Waals surface area contributed by atoms with Crippen LogP contribution in [0.4, 0.5) is 0 Å². The molecule has 0 bridgehead atoms. The Morgan fingerprint density at radius 3 is 1.12 bits per heavy atom. The highest BCUT2D eigenvalue weighted by Gasteiger charge is 2.22. The molecule has 0 radical (unpaired) electrons. The predicted molar refractivity (Wildman–Crippen MR) is 175 cm³/mol. The van der Waals surface area contributed by atoms with E-state index in [4.69, 9.17) is 0 Å². The Bertz CT molecular complexity index is 1390. The van der Waals surface area contributed by atoms with E-state index in [1.54, 1.807) is 48.5 Å². The van der Waals surface area contributed by atoms with E-state index in [0.29, 0.717) is 32.7 Å². The van der Waals surface area contributed by atoms with Crippen molar-refractivity contribution in [2.75, 3.05) is 39.3 Å². The topological polar surface area (TPSA) is 122 Å². The van der Waals surface area contributed by atoms with Crippen molar-refractivity contribution in [1.82, 2.24) is 9.80 Å². The van der Waals surface area contributed by atoms with Gasteiger partial charge in [-0.3, -0.25) is 0 Å². The maximum absolute atomic E-state index is 11.6. The average molecular weight is 591 g/mol. The summed E-state index contributed by atoms with van der Waals surface area (Å²) in [5.41, 5.74) is 0.112. The summed E-state index contributed by atoms with van der Waals surface area (Å²) in [4.78, 5) is 28.0. The van der Waals surface area contributed by atoms with Crippen LogP contribution in [0, 0.1) is 0 Å². The summed E-state index contributed by atoms with van der Waals surface area (Å²) in [6.07, 6.45) is -0.0407. The first-order valence-electron chi connectivity index (χ1n) is 15.0. The van der Waals surface area contributed by atoms with E-state index in [1.807, 2.05) is 0 Å². The minimum Gasteiger partial charge on any atom is -0.507 e. The summed E-state index contributed by atoms with van der Waals surface area (Å²) in [7, 11) is 0. The number of rotatable bonds is 10. The molecule has 4 aromatic carbocycles. The maximum atomic E-state index is 11.6. The number of nitrogens with zero attached hydrogens (tertiary/aromatic N) is 2. The summed E-state index contributed by atoms with van der Waals surface area (Å²) < 4.78 is 0. The van der Waals surface area contributed by atoms with E-state index < -0.39 is 23.4 Å². The normalized spacial score (nSPS) is 10.8. The van der Waals surface area contributed by atoms with Gasteiger partial charge in [-0.15, -0.1) is 0 Å². The quantitative estimate of drug-likeness (QED) is 0.154. The highest BCUT2D eigenvalue weighted by molar-refractivity contribution is 6.02. The van der Waals surface area contributed by atoms with Gasteiger partial charge in [0, 0.05) is 17.5 Å². The summed E-state index contributed by atoms with van der Waals surface area (Å²) in [5, 5.41) is 42.8. The minimum atomic E-state index is -1.28. The van der Waals surface area contributed by atoms with E-state index in [0.717, 1.165) is 0 Å². The highest BCUT2D eigenvalue weighted by atomic mass is 16.4. The molecule has 0 saturated carbocycles. The molecule has 0 aromatic heterocycles. The Morgan fingerprint density at radius 2 is 0.860 bits per heavy atom. The molecule has 0 atom stereocenters. The fourth-order valence-electron chi connectivity index (χ4n) is 5.03. The van der Waals surface area contributed by atoms with Crippen LogP contribution in [0.1, 0.15) is 73.4 Å². The lowest BCUT2D eigenvalue weighted by molar-refractivity contribution is 0.0682. The number of phenols is 2. The first-order valence-corrected chi connectivity index (χ1v) is 15.0. The van der Waals surface area contributed by atoms with Gasteiger partial charge in [0.15, 0.2) is 0 Å². The maximum Gasteiger partial charge on any atom is 0.339 e. The monoisotopic (exact) mass is 590 g/mol. The van der Waals surface area contributed by atoms with Crippen LogP contribution in [0.15, 0.2) is 60.7 Å². The van der Waals surface area contributed by atoms with Crippen LogP contribution in [0.3, 0.4) is 0 Å². The first kappa shape index (κ1) is 35.1. The summed E-state index contributed by atoms with van der Waals surface area (Å²) in [6.45, 7) is 20.2. The lowest BCUT2D eigenvalue weighted by atomic mass is 9.90. The second-order valence-corrected chi connectivity index (χ2v) is 9.97. The SMILES string of the molecule is CCN(CC)CC.CCN(CC)CC.O=C(O)c1cc2ccccc2c(Cc2c(O)c(C(=O)O)cc3ccccc23)c1O. The summed E-state index contributed by atoms with van der Waals surface area (Å²) >= 11 is 0. The van der Waals surface area contributed by atoms with Crippen LogP contribution in [0.25, 0.3) is 21.5 Å². The molecule has 0 saturated heterocycles. The number of hydrogen-bond acceptors (Lipinski definition) is 6. The van der Waals surface area contributed by atoms with Gasteiger partial charge in [0.1, 0.15) is 22.6 Å². The second-order valence-electron chi connectivity index (χ2n) is 9.97. The standard InChI is InChI=1S/C23H16O6.2C6H15N/c24-20-16(14-7-3-1-5-12(14)9-18(20)22(26)27)11-17-15-8-4-2-6-13(15)10-19(21(17)25)23(28)29;2*1-4-7(5-2)6-3/h1-10,24-25H,11H2,(H,26,27)(H,28,29);2*4-6H2,1-3H3. The average Bonchev–Trinajstić information content (AvgIpc) is 3.01. The first-order chi connectivity index (χ1) is 20.6. The zero-order chi connectivity index (χ0) is 32.1. The zero-order valence-corrected chi connectivity index (χ0v) is 26.2. The van der Waals surface area contributed by atoms with Crippen LogP contribution in [-0.2, 0) is 6.42 Å². The molecule has 0 amide bonds. The van der Waals surface area contributed by atoms with Crippen LogP contribution in [0.5, 0.6) is 11.5 Å². The van der Waals surface area contributed by atoms with Gasteiger partial charge >= 0.3 is 11.9 Å². The number of carboxylic acid groups (broad SMARTS) is 2. The highest BCUT2D eigenvalue weighted by Crippen LogP contribution is 2.38. The van der Waals surface area contributed by atoms with Crippen molar-refractivity contribution in [2.45, 2.75) is 48.0 Å². The molecule has 0 fully saturated rings. The number of fused-ring (bicyclic) bond motifs is 2. The van der Waals surface area contributed by atoms with Crippen molar-refractivity contribution in [3.63, 3.8) is 0 Å². The molecular weight excluding hydrogens is 544 g/mol. The number of carboxylic acids is 2. The third-order valence-electron chi connectivity index (χ3n) is 7.75. The fraction of sp³-hybridized carbons (Fsp3) is 0.371. The van der Waals surface area contributed by atoms with Gasteiger partial charge in [-0.05, 0) is 72.9 Å². The van der Waals surface area contributed by atoms with Gasteiger partial charge in [0.2, 0.25) is 0 Å². The number of aromatic hydroxyl groups is 2. The summed E-state index contributed by atoms with van der Waals surface area (Å²) in [6, 6.07) is 16.8. The molecule has 4 rings (SSSR count). The van der Waals surface area contributed by atoms with Gasteiger partial charge in [-0.1, -0.05) is 90.1 Å². The fourth-order valence-corrected chi connectivity index (χ4v) is 5.03. The molecule has 4 aromatic rings. The molecule has 0 unspecified atom stereocenters. The van der Waals surface area contributed by atoms with Gasteiger partial charge < -0.3 is 30.2 Å². The lowest BCUT2D eigenvalue weighted by Crippen LogP contribution is -2.21. The van der Waals surface area contributed by atoms with Gasteiger partial charge in [0.05, 0.1) is 0 Å². The van der Waals surface area contributed by atoms with Crippen LogP contribution < -0.4 is 0 Å². The predicted octanol–water partition coefficient (Wildman–Crippen LogP) is 7.09. The van der Waals surface area contributed by atoms with Crippen molar-refractivity contribution >= 4 is 33.5 Å². The molecule has 232 valence electrons. The van der Waals surface area contributed by atoms with E-state index in [1.165, 1.54) is 51.4 Å². The van der Waals surface area contributed by atoms with Crippen molar-refractivity contribution in [3.05, 3.63) is 82.9 Å². The lowest BCUT2D eigenvalue weighted by Gasteiger charge is -2.16. The Balaban J connectivity index is 0.000000384. The number of benzene rings is 4.